The molecule has 0 amide bonds. The van der Waals surface area contributed by atoms with Gasteiger partial charge < -0.3 is 5.32 Å². The van der Waals surface area contributed by atoms with Crippen LogP contribution in [0.1, 0.15) is 18.5 Å². The lowest BCUT2D eigenvalue weighted by Crippen LogP contribution is -2.12. The first-order valence-electron chi connectivity index (χ1n) is 5.62. The number of benzene rings is 1. The van der Waals surface area contributed by atoms with Crippen LogP contribution in [-0.2, 0) is 0 Å². The van der Waals surface area contributed by atoms with Gasteiger partial charge in [-0.2, -0.15) is 0 Å². The molecule has 94 valence electrons. The fourth-order valence-corrected chi connectivity index (χ4v) is 2.49. The van der Waals surface area contributed by atoms with Crippen molar-refractivity contribution in [1.82, 2.24) is 15.3 Å². The van der Waals surface area contributed by atoms with Gasteiger partial charge in [-0.1, -0.05) is 17.7 Å². The number of hydrogen-bond acceptors (Lipinski definition) is 4. The summed E-state index contributed by atoms with van der Waals surface area (Å²) in [5.41, 5.74) is 1.17. The smallest absolute Gasteiger partial charge is 0.192 e. The van der Waals surface area contributed by atoms with Crippen molar-refractivity contribution in [3.05, 3.63) is 47.2 Å². The van der Waals surface area contributed by atoms with E-state index in [9.17, 15) is 0 Å². The van der Waals surface area contributed by atoms with Gasteiger partial charge in [0.25, 0.3) is 0 Å². The van der Waals surface area contributed by atoms with Gasteiger partial charge in [0.05, 0.1) is 5.02 Å². The van der Waals surface area contributed by atoms with Gasteiger partial charge in [0.2, 0.25) is 0 Å². The molecule has 0 spiro atoms. The monoisotopic (exact) mass is 279 g/mol. The molecule has 0 saturated heterocycles. The van der Waals surface area contributed by atoms with E-state index in [0.717, 1.165) is 9.92 Å². The molecule has 1 N–H and O–H groups in total. The SMILES string of the molecule is CNC(C)c1ccc(Sc2ncccn2)c(Cl)c1. The van der Waals surface area contributed by atoms with E-state index < -0.39 is 0 Å². The van der Waals surface area contributed by atoms with Crippen molar-refractivity contribution in [2.24, 2.45) is 0 Å². The topological polar surface area (TPSA) is 37.8 Å². The van der Waals surface area contributed by atoms with Crippen molar-refractivity contribution in [3.63, 3.8) is 0 Å². The van der Waals surface area contributed by atoms with Crippen molar-refractivity contribution in [2.45, 2.75) is 23.0 Å². The molecule has 0 aliphatic carbocycles. The van der Waals surface area contributed by atoms with Gasteiger partial charge in [-0.25, -0.2) is 9.97 Å². The lowest BCUT2D eigenvalue weighted by atomic mass is 10.1. The summed E-state index contributed by atoms with van der Waals surface area (Å²) in [7, 11) is 1.93. The van der Waals surface area contributed by atoms with E-state index in [1.54, 1.807) is 18.5 Å². The highest BCUT2D eigenvalue weighted by Crippen LogP contribution is 2.32. The molecular weight excluding hydrogens is 266 g/mol. The van der Waals surface area contributed by atoms with Crippen LogP contribution in [0.15, 0.2) is 46.7 Å². The van der Waals surface area contributed by atoms with Crippen LogP contribution < -0.4 is 5.32 Å². The van der Waals surface area contributed by atoms with E-state index >= 15 is 0 Å². The zero-order chi connectivity index (χ0) is 13.0. The Balaban J connectivity index is 2.20. The molecule has 5 heteroatoms. The van der Waals surface area contributed by atoms with Crippen molar-refractivity contribution < 1.29 is 0 Å². The first-order valence-corrected chi connectivity index (χ1v) is 6.81. The van der Waals surface area contributed by atoms with Crippen LogP contribution >= 0.6 is 23.4 Å². The highest BCUT2D eigenvalue weighted by Gasteiger charge is 2.08. The quantitative estimate of drug-likeness (QED) is 0.869. The number of aromatic nitrogens is 2. The molecule has 0 saturated carbocycles. The molecule has 3 nitrogen and oxygen atoms in total. The largest absolute Gasteiger partial charge is 0.313 e. The predicted octanol–water partition coefficient (Wildman–Crippen LogP) is 3.56. The van der Waals surface area contributed by atoms with Gasteiger partial charge >= 0.3 is 0 Å². The summed E-state index contributed by atoms with van der Waals surface area (Å²) in [4.78, 5) is 9.31. The normalized spacial score (nSPS) is 12.4. The Hall–Kier alpha value is -1.10. The van der Waals surface area contributed by atoms with Gasteiger partial charge in [-0.3, -0.25) is 0 Å². The second-order valence-electron chi connectivity index (χ2n) is 3.83. The first-order chi connectivity index (χ1) is 8.70. The van der Waals surface area contributed by atoms with Gasteiger partial charge in [0, 0.05) is 23.3 Å². The lowest BCUT2D eigenvalue weighted by Gasteiger charge is -2.12. The Morgan fingerprint density at radius 1 is 1.28 bits per heavy atom. The average molecular weight is 280 g/mol. The summed E-state index contributed by atoms with van der Waals surface area (Å²) >= 11 is 7.74. The molecule has 0 bridgehead atoms. The Morgan fingerprint density at radius 3 is 2.61 bits per heavy atom. The number of hydrogen-bond donors (Lipinski definition) is 1. The fraction of sp³-hybridized carbons (Fsp3) is 0.231. The van der Waals surface area contributed by atoms with Crippen molar-refractivity contribution in [3.8, 4) is 0 Å². The van der Waals surface area contributed by atoms with Crippen LogP contribution in [0.3, 0.4) is 0 Å². The summed E-state index contributed by atoms with van der Waals surface area (Å²) in [5, 5.41) is 4.62. The molecule has 1 unspecified atom stereocenters. The van der Waals surface area contributed by atoms with Gasteiger partial charge in [-0.15, -0.1) is 0 Å². The summed E-state index contributed by atoms with van der Waals surface area (Å²) in [6, 6.07) is 8.14. The van der Waals surface area contributed by atoms with Crippen LogP contribution in [0.2, 0.25) is 5.02 Å². The number of nitrogens with one attached hydrogen (secondary N) is 1. The maximum atomic E-state index is 6.28. The zero-order valence-corrected chi connectivity index (χ0v) is 11.8. The molecule has 18 heavy (non-hydrogen) atoms. The minimum Gasteiger partial charge on any atom is -0.313 e. The van der Waals surface area contributed by atoms with Crippen LogP contribution in [0, 0.1) is 0 Å². The highest BCUT2D eigenvalue weighted by atomic mass is 35.5. The summed E-state index contributed by atoms with van der Waals surface area (Å²) in [6.07, 6.45) is 3.45. The standard InChI is InChI=1S/C13H14ClN3S/c1-9(15-2)10-4-5-12(11(14)8-10)18-13-16-6-3-7-17-13/h3-9,15H,1-2H3. The number of halogens is 1. The number of rotatable bonds is 4. The van der Waals surface area contributed by atoms with Crippen molar-refractivity contribution >= 4 is 23.4 Å². The van der Waals surface area contributed by atoms with E-state index in [1.165, 1.54) is 17.3 Å². The molecule has 2 rings (SSSR count). The second kappa shape index (κ2) is 6.18. The van der Waals surface area contributed by atoms with E-state index in [1.807, 2.05) is 19.2 Å². The highest BCUT2D eigenvalue weighted by molar-refractivity contribution is 7.99. The van der Waals surface area contributed by atoms with Gasteiger partial charge in [0.1, 0.15) is 0 Å². The Bertz CT molecular complexity index is 519. The molecule has 1 aromatic heterocycles. The van der Waals surface area contributed by atoms with E-state index in [2.05, 4.69) is 28.3 Å². The molecule has 1 aromatic carbocycles. The third-order valence-electron chi connectivity index (χ3n) is 2.63. The minimum atomic E-state index is 0.287. The van der Waals surface area contributed by atoms with Crippen molar-refractivity contribution in [1.29, 1.82) is 0 Å². The zero-order valence-electron chi connectivity index (χ0n) is 10.2. The Labute approximate surface area is 116 Å². The summed E-state index contributed by atoms with van der Waals surface area (Å²) < 4.78 is 0. The van der Waals surface area contributed by atoms with Crippen LogP contribution in [0.4, 0.5) is 0 Å². The predicted molar refractivity (Wildman–Crippen MR) is 75.1 cm³/mol. The summed E-state index contributed by atoms with van der Waals surface area (Å²) in [6.45, 7) is 2.10. The molecule has 1 heterocycles. The van der Waals surface area contributed by atoms with Crippen LogP contribution in [0.5, 0.6) is 0 Å². The molecular formula is C13H14ClN3S. The first kappa shape index (κ1) is 13.3. The minimum absolute atomic E-state index is 0.287. The van der Waals surface area contributed by atoms with Crippen molar-refractivity contribution in [2.75, 3.05) is 7.05 Å². The van der Waals surface area contributed by atoms with Gasteiger partial charge in [-0.05, 0) is 49.5 Å². The van der Waals surface area contributed by atoms with Crippen LogP contribution in [-0.4, -0.2) is 17.0 Å². The van der Waals surface area contributed by atoms with Crippen LogP contribution in [0.25, 0.3) is 0 Å². The third-order valence-corrected chi connectivity index (χ3v) is 4.03. The number of nitrogens with zero attached hydrogens (tertiary/aromatic N) is 2. The molecule has 0 aliphatic heterocycles. The van der Waals surface area contributed by atoms with Gasteiger partial charge in [0.15, 0.2) is 5.16 Å². The van der Waals surface area contributed by atoms with E-state index in [-0.39, 0.29) is 6.04 Å². The maximum Gasteiger partial charge on any atom is 0.192 e. The molecule has 0 radical (unpaired) electrons. The summed E-state index contributed by atoms with van der Waals surface area (Å²) in [5.74, 6) is 0. The fourth-order valence-electron chi connectivity index (χ4n) is 1.47. The third kappa shape index (κ3) is 3.22. The van der Waals surface area contributed by atoms with E-state index in [0.29, 0.717) is 5.16 Å². The lowest BCUT2D eigenvalue weighted by molar-refractivity contribution is 0.652. The molecule has 1 atom stereocenters. The maximum absolute atomic E-state index is 6.28. The van der Waals surface area contributed by atoms with E-state index in [4.69, 9.17) is 11.6 Å². The Morgan fingerprint density at radius 2 is 2.00 bits per heavy atom. The molecule has 0 aliphatic rings. The second-order valence-corrected chi connectivity index (χ2v) is 5.25. The average Bonchev–Trinajstić information content (AvgIpc) is 2.41. The molecule has 0 fully saturated rings. The molecule has 2 aromatic rings. The Kier molecular flexibility index (Phi) is 4.58.